The van der Waals surface area contributed by atoms with E-state index >= 15 is 0 Å². The second kappa shape index (κ2) is 6.86. The number of ether oxygens (including phenoxy) is 1. The van der Waals surface area contributed by atoms with Crippen LogP contribution in [-0.4, -0.2) is 7.11 Å². The smallest absolute Gasteiger partial charge is 0.127 e. The summed E-state index contributed by atoms with van der Waals surface area (Å²) in [7, 11) is 1.74. The SMILES string of the molecule is COc1ccc2cc(-c3ccccc3)ccc2c1-c1cccc2ccccc12. The molecule has 0 spiro atoms. The Balaban J connectivity index is 1.80. The Bertz CT molecular complexity index is 1280. The van der Waals surface area contributed by atoms with Crippen LogP contribution in [-0.2, 0) is 0 Å². The van der Waals surface area contributed by atoms with Crippen LogP contribution in [0.25, 0.3) is 43.8 Å². The third-order valence-corrected chi connectivity index (χ3v) is 5.37. The standard InChI is InChI=1S/C27H20O/c1-28-26-17-15-22-18-21(19-8-3-2-4-9-19)14-16-24(22)27(26)25-13-7-11-20-10-5-6-12-23(20)25/h2-18H,1H3. The van der Waals surface area contributed by atoms with Gasteiger partial charge in [0.2, 0.25) is 0 Å². The molecule has 0 saturated carbocycles. The second-order valence-electron chi connectivity index (χ2n) is 6.97. The van der Waals surface area contributed by atoms with Crippen LogP contribution >= 0.6 is 0 Å². The van der Waals surface area contributed by atoms with Crippen LogP contribution < -0.4 is 4.74 Å². The molecule has 28 heavy (non-hydrogen) atoms. The van der Waals surface area contributed by atoms with Gasteiger partial charge in [-0.15, -0.1) is 0 Å². The average Bonchev–Trinajstić information content (AvgIpc) is 2.78. The number of benzene rings is 5. The van der Waals surface area contributed by atoms with Crippen LogP contribution in [0.2, 0.25) is 0 Å². The molecule has 134 valence electrons. The summed E-state index contributed by atoms with van der Waals surface area (Å²) in [4.78, 5) is 0. The summed E-state index contributed by atoms with van der Waals surface area (Å²) < 4.78 is 5.77. The van der Waals surface area contributed by atoms with Crippen LogP contribution in [0.1, 0.15) is 0 Å². The van der Waals surface area contributed by atoms with Gasteiger partial charge in [0.15, 0.2) is 0 Å². The quantitative estimate of drug-likeness (QED) is 0.327. The summed E-state index contributed by atoms with van der Waals surface area (Å²) in [6, 6.07) is 36.4. The molecule has 0 atom stereocenters. The highest BCUT2D eigenvalue weighted by atomic mass is 16.5. The predicted octanol–water partition coefficient (Wildman–Crippen LogP) is 7.34. The minimum absolute atomic E-state index is 0.899. The average molecular weight is 360 g/mol. The van der Waals surface area contributed by atoms with Crippen LogP contribution in [0, 0.1) is 0 Å². The molecule has 0 unspecified atom stereocenters. The van der Waals surface area contributed by atoms with Crippen molar-refractivity contribution in [2.24, 2.45) is 0 Å². The Labute approximate surface area is 164 Å². The van der Waals surface area contributed by atoms with Gasteiger partial charge in [-0.05, 0) is 50.4 Å². The Hall–Kier alpha value is -3.58. The van der Waals surface area contributed by atoms with Gasteiger partial charge in [0.05, 0.1) is 7.11 Å². The fourth-order valence-electron chi connectivity index (χ4n) is 4.01. The van der Waals surface area contributed by atoms with Crippen molar-refractivity contribution in [3.63, 3.8) is 0 Å². The van der Waals surface area contributed by atoms with Crippen LogP contribution in [0.15, 0.2) is 103 Å². The van der Waals surface area contributed by atoms with E-state index < -0.39 is 0 Å². The Morgan fingerprint density at radius 2 is 1.32 bits per heavy atom. The summed E-state index contributed by atoms with van der Waals surface area (Å²) in [5.41, 5.74) is 4.80. The molecule has 0 saturated heterocycles. The monoisotopic (exact) mass is 360 g/mol. The maximum absolute atomic E-state index is 5.77. The first kappa shape index (κ1) is 16.6. The Morgan fingerprint density at radius 1 is 0.536 bits per heavy atom. The van der Waals surface area contributed by atoms with Gasteiger partial charge >= 0.3 is 0 Å². The zero-order valence-electron chi connectivity index (χ0n) is 15.7. The van der Waals surface area contributed by atoms with E-state index in [1.165, 1.54) is 38.2 Å². The third kappa shape index (κ3) is 2.73. The lowest BCUT2D eigenvalue weighted by Gasteiger charge is -2.15. The van der Waals surface area contributed by atoms with Crippen molar-refractivity contribution >= 4 is 21.5 Å². The molecule has 0 aliphatic heterocycles. The van der Waals surface area contributed by atoms with E-state index in [2.05, 4.69) is 97.1 Å². The van der Waals surface area contributed by atoms with Crippen LogP contribution in [0.4, 0.5) is 0 Å². The van der Waals surface area contributed by atoms with E-state index in [0.717, 1.165) is 11.3 Å². The molecule has 0 aromatic heterocycles. The third-order valence-electron chi connectivity index (χ3n) is 5.37. The molecule has 0 bridgehead atoms. The summed E-state index contributed by atoms with van der Waals surface area (Å²) in [5.74, 6) is 0.899. The zero-order chi connectivity index (χ0) is 18.9. The van der Waals surface area contributed by atoms with E-state index in [1.807, 2.05) is 6.07 Å². The van der Waals surface area contributed by atoms with Crippen molar-refractivity contribution in [2.75, 3.05) is 7.11 Å². The first-order chi connectivity index (χ1) is 13.8. The molecule has 1 heteroatoms. The van der Waals surface area contributed by atoms with E-state index in [4.69, 9.17) is 4.74 Å². The molecule has 0 N–H and O–H groups in total. The fourth-order valence-corrected chi connectivity index (χ4v) is 4.01. The molecule has 0 amide bonds. The highest BCUT2D eigenvalue weighted by Crippen LogP contribution is 2.41. The van der Waals surface area contributed by atoms with Crippen molar-refractivity contribution in [1.29, 1.82) is 0 Å². The highest BCUT2D eigenvalue weighted by Gasteiger charge is 2.14. The summed E-state index contributed by atoms with van der Waals surface area (Å²) in [6.07, 6.45) is 0. The van der Waals surface area contributed by atoms with E-state index in [0.29, 0.717) is 0 Å². The molecule has 0 fully saturated rings. The lowest BCUT2D eigenvalue weighted by atomic mass is 9.91. The first-order valence-electron chi connectivity index (χ1n) is 9.49. The fraction of sp³-hybridized carbons (Fsp3) is 0.0370. The Kier molecular flexibility index (Phi) is 4.06. The maximum Gasteiger partial charge on any atom is 0.127 e. The predicted molar refractivity (Wildman–Crippen MR) is 119 cm³/mol. The second-order valence-corrected chi connectivity index (χ2v) is 6.97. The van der Waals surface area contributed by atoms with E-state index in [1.54, 1.807) is 7.11 Å². The molecule has 5 rings (SSSR count). The van der Waals surface area contributed by atoms with Gasteiger partial charge in [-0.25, -0.2) is 0 Å². The maximum atomic E-state index is 5.77. The Morgan fingerprint density at radius 3 is 2.18 bits per heavy atom. The highest BCUT2D eigenvalue weighted by molar-refractivity contribution is 6.08. The largest absolute Gasteiger partial charge is 0.496 e. The first-order valence-corrected chi connectivity index (χ1v) is 9.49. The van der Waals surface area contributed by atoms with Gasteiger partial charge in [-0.3, -0.25) is 0 Å². The normalized spacial score (nSPS) is 11.0. The van der Waals surface area contributed by atoms with Gasteiger partial charge in [0.1, 0.15) is 5.75 Å². The molecule has 0 aliphatic rings. The summed E-state index contributed by atoms with van der Waals surface area (Å²) in [5, 5.41) is 4.89. The molecule has 1 nitrogen and oxygen atoms in total. The number of hydrogen-bond donors (Lipinski definition) is 0. The topological polar surface area (TPSA) is 9.23 Å². The van der Waals surface area contributed by atoms with Crippen LogP contribution in [0.3, 0.4) is 0 Å². The summed E-state index contributed by atoms with van der Waals surface area (Å²) in [6.45, 7) is 0. The lowest BCUT2D eigenvalue weighted by Crippen LogP contribution is -1.91. The van der Waals surface area contributed by atoms with Crippen molar-refractivity contribution in [3.05, 3.63) is 103 Å². The van der Waals surface area contributed by atoms with E-state index in [-0.39, 0.29) is 0 Å². The molecule has 0 heterocycles. The van der Waals surface area contributed by atoms with Crippen molar-refractivity contribution < 1.29 is 4.74 Å². The van der Waals surface area contributed by atoms with Gasteiger partial charge in [-0.2, -0.15) is 0 Å². The van der Waals surface area contributed by atoms with Gasteiger partial charge in [0.25, 0.3) is 0 Å². The number of fused-ring (bicyclic) bond motifs is 2. The van der Waals surface area contributed by atoms with Crippen molar-refractivity contribution in [3.8, 4) is 28.0 Å². The molecule has 0 aliphatic carbocycles. The zero-order valence-corrected chi connectivity index (χ0v) is 15.7. The van der Waals surface area contributed by atoms with Crippen LogP contribution in [0.5, 0.6) is 5.75 Å². The van der Waals surface area contributed by atoms with Gasteiger partial charge in [0, 0.05) is 5.56 Å². The molecular formula is C27H20O. The number of rotatable bonds is 3. The number of methoxy groups -OCH3 is 1. The van der Waals surface area contributed by atoms with Crippen molar-refractivity contribution in [1.82, 2.24) is 0 Å². The lowest BCUT2D eigenvalue weighted by molar-refractivity contribution is 0.417. The van der Waals surface area contributed by atoms with Gasteiger partial charge < -0.3 is 4.74 Å². The molecular weight excluding hydrogens is 340 g/mol. The van der Waals surface area contributed by atoms with Crippen molar-refractivity contribution in [2.45, 2.75) is 0 Å². The molecule has 0 radical (unpaired) electrons. The molecule has 5 aromatic carbocycles. The minimum Gasteiger partial charge on any atom is -0.496 e. The number of hydrogen-bond acceptors (Lipinski definition) is 1. The van der Waals surface area contributed by atoms with Gasteiger partial charge in [-0.1, -0.05) is 91.0 Å². The molecule has 5 aromatic rings. The summed E-state index contributed by atoms with van der Waals surface area (Å²) >= 11 is 0. The van der Waals surface area contributed by atoms with E-state index in [9.17, 15) is 0 Å². The minimum atomic E-state index is 0.899.